The summed E-state index contributed by atoms with van der Waals surface area (Å²) in [6.07, 6.45) is 5.71. The number of carbonyl (C=O) groups excluding carboxylic acids is 2. The average Bonchev–Trinajstić information content (AvgIpc) is 2.82. The number of rotatable bonds is 11. The molecule has 7 nitrogen and oxygen atoms in total. The molecule has 0 atom stereocenters. The van der Waals surface area contributed by atoms with Crippen molar-refractivity contribution in [3.8, 4) is 5.75 Å². The fraction of sp³-hybridized carbons (Fsp3) is 0.440. The number of nitrogens with one attached hydrogen (secondary N) is 3. The third-order valence-electron chi connectivity index (χ3n) is 5.38. The maximum atomic E-state index is 12.4. The summed E-state index contributed by atoms with van der Waals surface area (Å²) >= 11 is 0. The average molecular weight is 440 g/mol. The number of amides is 2. The van der Waals surface area contributed by atoms with Gasteiger partial charge in [0.25, 0.3) is 5.91 Å². The van der Waals surface area contributed by atoms with E-state index in [9.17, 15) is 9.59 Å². The first kappa shape index (κ1) is 23.6. The van der Waals surface area contributed by atoms with Gasteiger partial charge in [0.1, 0.15) is 12.4 Å². The Hall–Kier alpha value is -3.06. The Bertz CT molecular complexity index is 846. The van der Waals surface area contributed by atoms with E-state index in [4.69, 9.17) is 9.47 Å². The van der Waals surface area contributed by atoms with Gasteiger partial charge >= 0.3 is 0 Å². The predicted octanol–water partition coefficient (Wildman–Crippen LogP) is 4.22. The zero-order chi connectivity index (χ0) is 22.6. The zero-order valence-corrected chi connectivity index (χ0v) is 18.7. The molecular formula is C25H33N3O4. The summed E-state index contributed by atoms with van der Waals surface area (Å²) in [6.45, 7) is 3.82. The minimum atomic E-state index is -0.165. The number of anilines is 2. The maximum absolute atomic E-state index is 12.4. The highest BCUT2D eigenvalue weighted by Crippen LogP contribution is 2.18. The molecule has 32 heavy (non-hydrogen) atoms. The molecule has 1 aliphatic rings. The van der Waals surface area contributed by atoms with Gasteiger partial charge in [-0.15, -0.1) is 0 Å². The minimum Gasteiger partial charge on any atom is -0.491 e. The molecule has 1 aliphatic carbocycles. The minimum absolute atomic E-state index is 0.0539. The second-order valence-electron chi connectivity index (χ2n) is 7.86. The summed E-state index contributed by atoms with van der Waals surface area (Å²) in [4.78, 5) is 24.6. The van der Waals surface area contributed by atoms with Crippen LogP contribution in [0.15, 0.2) is 48.5 Å². The van der Waals surface area contributed by atoms with Crippen LogP contribution in [0, 0.1) is 0 Å². The fourth-order valence-electron chi connectivity index (χ4n) is 3.64. The third kappa shape index (κ3) is 7.89. The van der Waals surface area contributed by atoms with Crippen molar-refractivity contribution in [3.63, 3.8) is 0 Å². The quantitative estimate of drug-likeness (QED) is 0.456. The molecular weight excluding hydrogens is 406 g/mol. The van der Waals surface area contributed by atoms with E-state index in [0.29, 0.717) is 31.1 Å². The van der Waals surface area contributed by atoms with Crippen LogP contribution in [0.25, 0.3) is 0 Å². The normalized spacial score (nSPS) is 13.9. The van der Waals surface area contributed by atoms with E-state index in [1.807, 2.05) is 31.2 Å². The first-order chi connectivity index (χ1) is 15.6. The first-order valence-electron chi connectivity index (χ1n) is 11.4. The second kappa shape index (κ2) is 12.7. The van der Waals surface area contributed by atoms with Gasteiger partial charge in [0.05, 0.1) is 13.2 Å². The Morgan fingerprint density at radius 1 is 0.906 bits per heavy atom. The Morgan fingerprint density at radius 2 is 1.59 bits per heavy atom. The molecule has 1 saturated carbocycles. The Kier molecular flexibility index (Phi) is 9.37. The van der Waals surface area contributed by atoms with Crippen LogP contribution in [0.2, 0.25) is 0 Å². The molecule has 2 amide bonds. The summed E-state index contributed by atoms with van der Waals surface area (Å²) in [6, 6.07) is 14.7. The summed E-state index contributed by atoms with van der Waals surface area (Å²) in [5.41, 5.74) is 2.09. The second-order valence-corrected chi connectivity index (χ2v) is 7.86. The highest BCUT2D eigenvalue weighted by molar-refractivity contribution is 5.96. The fourth-order valence-corrected chi connectivity index (χ4v) is 3.64. The number of hydrogen-bond donors (Lipinski definition) is 3. The molecule has 0 heterocycles. The molecule has 172 valence electrons. The first-order valence-corrected chi connectivity index (χ1v) is 11.4. The molecule has 0 radical (unpaired) electrons. The third-order valence-corrected chi connectivity index (χ3v) is 5.38. The molecule has 3 N–H and O–H groups in total. The highest BCUT2D eigenvalue weighted by Gasteiger charge is 2.16. The van der Waals surface area contributed by atoms with E-state index in [0.717, 1.165) is 24.3 Å². The molecule has 0 aromatic heterocycles. The Balaban J connectivity index is 1.39. The molecule has 1 fully saturated rings. The van der Waals surface area contributed by atoms with Crippen molar-refractivity contribution in [2.24, 2.45) is 0 Å². The van der Waals surface area contributed by atoms with Gasteiger partial charge in [0, 0.05) is 29.6 Å². The van der Waals surface area contributed by atoms with Gasteiger partial charge in [-0.05, 0) is 68.3 Å². The summed E-state index contributed by atoms with van der Waals surface area (Å²) < 4.78 is 10.8. The van der Waals surface area contributed by atoms with E-state index in [1.54, 1.807) is 24.3 Å². The molecule has 0 spiro atoms. The van der Waals surface area contributed by atoms with E-state index in [1.165, 1.54) is 19.3 Å². The van der Waals surface area contributed by atoms with Gasteiger partial charge in [-0.3, -0.25) is 9.59 Å². The van der Waals surface area contributed by atoms with Crippen molar-refractivity contribution in [2.75, 3.05) is 37.0 Å². The lowest BCUT2D eigenvalue weighted by molar-refractivity contribution is -0.114. The summed E-state index contributed by atoms with van der Waals surface area (Å²) in [5, 5.41) is 9.03. The van der Waals surface area contributed by atoms with E-state index in [-0.39, 0.29) is 24.4 Å². The van der Waals surface area contributed by atoms with Crippen LogP contribution in [-0.2, 0) is 9.53 Å². The standard InChI is InChI=1S/C25H33N3O4/c1-2-31-16-17-32-23-14-12-20(13-15-23)26-18-24(29)27-22-10-8-19(9-11-22)25(30)28-21-6-4-3-5-7-21/h8-15,21,26H,2-7,16-18H2,1H3,(H,27,29)(H,28,30). The van der Waals surface area contributed by atoms with Gasteiger partial charge in [-0.25, -0.2) is 0 Å². The van der Waals surface area contributed by atoms with Crippen molar-refractivity contribution >= 4 is 23.2 Å². The SMILES string of the molecule is CCOCCOc1ccc(NCC(=O)Nc2ccc(C(=O)NC3CCCCC3)cc2)cc1. The topological polar surface area (TPSA) is 88.7 Å². The van der Waals surface area contributed by atoms with Crippen molar-refractivity contribution in [3.05, 3.63) is 54.1 Å². The van der Waals surface area contributed by atoms with E-state index in [2.05, 4.69) is 16.0 Å². The molecule has 2 aromatic carbocycles. The number of benzene rings is 2. The number of hydrogen-bond acceptors (Lipinski definition) is 5. The van der Waals surface area contributed by atoms with Crippen molar-refractivity contribution in [1.82, 2.24) is 5.32 Å². The number of carbonyl (C=O) groups is 2. The van der Waals surface area contributed by atoms with Gasteiger partial charge in [0.2, 0.25) is 5.91 Å². The number of ether oxygens (including phenoxy) is 2. The van der Waals surface area contributed by atoms with Crippen LogP contribution in [0.3, 0.4) is 0 Å². The summed E-state index contributed by atoms with van der Waals surface area (Å²) in [7, 11) is 0. The van der Waals surface area contributed by atoms with Crippen LogP contribution >= 0.6 is 0 Å². The molecule has 0 unspecified atom stereocenters. The lowest BCUT2D eigenvalue weighted by Gasteiger charge is -2.22. The molecule has 0 aliphatic heterocycles. The molecule has 2 aromatic rings. The van der Waals surface area contributed by atoms with Crippen LogP contribution in [0.5, 0.6) is 5.75 Å². The largest absolute Gasteiger partial charge is 0.491 e. The lowest BCUT2D eigenvalue weighted by Crippen LogP contribution is -2.36. The van der Waals surface area contributed by atoms with Crippen molar-refractivity contribution in [1.29, 1.82) is 0 Å². The van der Waals surface area contributed by atoms with Crippen LogP contribution < -0.4 is 20.7 Å². The molecule has 0 bridgehead atoms. The van der Waals surface area contributed by atoms with Gasteiger partial charge in [-0.2, -0.15) is 0 Å². The Morgan fingerprint density at radius 3 is 2.28 bits per heavy atom. The zero-order valence-electron chi connectivity index (χ0n) is 18.7. The molecule has 3 rings (SSSR count). The van der Waals surface area contributed by atoms with E-state index >= 15 is 0 Å². The van der Waals surface area contributed by atoms with Crippen LogP contribution in [-0.4, -0.2) is 44.2 Å². The maximum Gasteiger partial charge on any atom is 0.251 e. The van der Waals surface area contributed by atoms with Crippen LogP contribution in [0.4, 0.5) is 11.4 Å². The van der Waals surface area contributed by atoms with Crippen molar-refractivity contribution in [2.45, 2.75) is 45.1 Å². The van der Waals surface area contributed by atoms with Crippen molar-refractivity contribution < 1.29 is 19.1 Å². The van der Waals surface area contributed by atoms with Gasteiger partial charge in [-0.1, -0.05) is 19.3 Å². The highest BCUT2D eigenvalue weighted by atomic mass is 16.5. The van der Waals surface area contributed by atoms with Crippen LogP contribution in [0.1, 0.15) is 49.4 Å². The lowest BCUT2D eigenvalue weighted by atomic mass is 9.95. The Labute approximate surface area is 189 Å². The smallest absolute Gasteiger partial charge is 0.251 e. The molecule has 0 saturated heterocycles. The van der Waals surface area contributed by atoms with E-state index < -0.39 is 0 Å². The van der Waals surface area contributed by atoms with Gasteiger partial charge < -0.3 is 25.4 Å². The monoisotopic (exact) mass is 439 g/mol. The summed E-state index contributed by atoms with van der Waals surface area (Å²) in [5.74, 6) is 0.538. The molecule has 7 heteroatoms. The van der Waals surface area contributed by atoms with Gasteiger partial charge in [0.15, 0.2) is 0 Å². The predicted molar refractivity (Wildman–Crippen MR) is 126 cm³/mol.